The number of carbonyl (C=O) groups is 2. The summed E-state index contributed by atoms with van der Waals surface area (Å²) < 4.78 is 15.9. The maximum absolute atomic E-state index is 12.5. The number of methoxy groups -OCH3 is 2. The first kappa shape index (κ1) is 19.6. The van der Waals surface area contributed by atoms with E-state index in [1.165, 1.54) is 14.2 Å². The minimum absolute atomic E-state index is 0.0421. The van der Waals surface area contributed by atoms with Crippen LogP contribution in [0.5, 0.6) is 11.5 Å². The van der Waals surface area contributed by atoms with Gasteiger partial charge < -0.3 is 24.8 Å². The predicted octanol–water partition coefficient (Wildman–Crippen LogP) is 2.26. The third-order valence-corrected chi connectivity index (χ3v) is 4.37. The van der Waals surface area contributed by atoms with Crippen molar-refractivity contribution in [1.29, 1.82) is 0 Å². The van der Waals surface area contributed by atoms with Gasteiger partial charge in [0.2, 0.25) is 0 Å². The van der Waals surface area contributed by atoms with Gasteiger partial charge in [0.05, 0.1) is 20.3 Å². The highest BCUT2D eigenvalue weighted by Gasteiger charge is 2.18. The Kier molecular flexibility index (Phi) is 6.44. The van der Waals surface area contributed by atoms with Crippen LogP contribution in [0, 0.1) is 0 Å². The van der Waals surface area contributed by atoms with Gasteiger partial charge in [-0.1, -0.05) is 6.07 Å². The van der Waals surface area contributed by atoms with Crippen molar-refractivity contribution in [1.82, 2.24) is 10.3 Å². The first-order chi connectivity index (χ1) is 13.6. The number of benzene rings is 1. The third kappa shape index (κ3) is 4.77. The van der Waals surface area contributed by atoms with Crippen LogP contribution < -0.4 is 20.1 Å². The van der Waals surface area contributed by atoms with Gasteiger partial charge in [-0.3, -0.25) is 9.59 Å². The summed E-state index contributed by atoms with van der Waals surface area (Å²) in [6, 6.07) is 9.77. The molecule has 0 saturated carbocycles. The quantitative estimate of drug-likeness (QED) is 0.759. The van der Waals surface area contributed by atoms with Crippen molar-refractivity contribution in [3.05, 3.63) is 47.8 Å². The molecule has 1 saturated heterocycles. The van der Waals surface area contributed by atoms with Crippen LogP contribution in [0.2, 0.25) is 0 Å². The van der Waals surface area contributed by atoms with Crippen LogP contribution >= 0.6 is 0 Å². The number of hydrogen-bond donors (Lipinski definition) is 2. The molecule has 8 heteroatoms. The molecule has 1 aromatic heterocycles. The van der Waals surface area contributed by atoms with E-state index in [0.717, 1.165) is 19.4 Å². The van der Waals surface area contributed by atoms with Gasteiger partial charge in [-0.05, 0) is 37.1 Å². The second-order valence-corrected chi connectivity index (χ2v) is 6.28. The summed E-state index contributed by atoms with van der Waals surface area (Å²) >= 11 is 0. The van der Waals surface area contributed by atoms with Gasteiger partial charge in [0, 0.05) is 24.9 Å². The van der Waals surface area contributed by atoms with Crippen molar-refractivity contribution in [2.75, 3.05) is 32.7 Å². The Bertz CT molecular complexity index is 849. The summed E-state index contributed by atoms with van der Waals surface area (Å²) in [6.45, 7) is 1.16. The van der Waals surface area contributed by atoms with Crippen LogP contribution in [0.3, 0.4) is 0 Å². The van der Waals surface area contributed by atoms with Gasteiger partial charge in [0.1, 0.15) is 11.4 Å². The summed E-state index contributed by atoms with van der Waals surface area (Å²) in [5, 5.41) is 5.53. The lowest BCUT2D eigenvalue weighted by Crippen LogP contribution is -2.32. The zero-order valence-electron chi connectivity index (χ0n) is 15.9. The number of carbonyl (C=O) groups excluding carboxylic acids is 2. The summed E-state index contributed by atoms with van der Waals surface area (Å²) in [5.41, 5.74) is 0.843. The molecule has 2 N–H and O–H groups in total. The molecule has 0 aliphatic carbocycles. The fourth-order valence-corrected chi connectivity index (χ4v) is 2.90. The first-order valence-electron chi connectivity index (χ1n) is 9.01. The number of amides is 2. The molecule has 3 rings (SSSR count). The van der Waals surface area contributed by atoms with E-state index in [-0.39, 0.29) is 23.4 Å². The van der Waals surface area contributed by atoms with E-state index in [0.29, 0.717) is 23.7 Å². The largest absolute Gasteiger partial charge is 0.493 e. The molecule has 2 amide bonds. The molecule has 2 aromatic rings. The lowest BCUT2D eigenvalue weighted by atomic mass is 10.2. The number of aromatic nitrogens is 1. The summed E-state index contributed by atoms with van der Waals surface area (Å²) in [5.74, 6) is 0.288. The zero-order chi connectivity index (χ0) is 19.9. The molecule has 0 bridgehead atoms. The van der Waals surface area contributed by atoms with Gasteiger partial charge in [0.25, 0.3) is 11.8 Å². The number of anilines is 1. The maximum atomic E-state index is 12.5. The highest BCUT2D eigenvalue weighted by molar-refractivity contribution is 6.04. The molecule has 1 atom stereocenters. The SMILES string of the molecule is COc1ccc(NC(=O)c2cccc(C(=O)NCC3CCCO3)n2)cc1OC. The minimum atomic E-state index is -0.430. The molecular weight excluding hydrogens is 362 g/mol. The normalized spacial score (nSPS) is 15.7. The molecule has 2 heterocycles. The van der Waals surface area contributed by atoms with E-state index in [9.17, 15) is 9.59 Å². The molecule has 1 aliphatic heterocycles. The van der Waals surface area contributed by atoms with Gasteiger partial charge in [0.15, 0.2) is 11.5 Å². The molecule has 148 valence electrons. The average molecular weight is 385 g/mol. The number of nitrogens with one attached hydrogen (secondary N) is 2. The van der Waals surface area contributed by atoms with E-state index >= 15 is 0 Å². The van der Waals surface area contributed by atoms with E-state index in [1.54, 1.807) is 36.4 Å². The van der Waals surface area contributed by atoms with E-state index in [4.69, 9.17) is 14.2 Å². The Morgan fingerprint density at radius 3 is 2.54 bits per heavy atom. The van der Waals surface area contributed by atoms with Crippen LogP contribution in [-0.4, -0.2) is 50.3 Å². The third-order valence-electron chi connectivity index (χ3n) is 4.37. The van der Waals surface area contributed by atoms with Crippen LogP contribution in [-0.2, 0) is 4.74 Å². The van der Waals surface area contributed by atoms with Crippen LogP contribution in [0.15, 0.2) is 36.4 Å². The Labute approximate surface area is 163 Å². The Morgan fingerprint density at radius 1 is 1.11 bits per heavy atom. The van der Waals surface area contributed by atoms with Crippen molar-refractivity contribution in [2.24, 2.45) is 0 Å². The van der Waals surface area contributed by atoms with Crippen molar-refractivity contribution < 1.29 is 23.8 Å². The summed E-state index contributed by atoms with van der Waals surface area (Å²) in [4.78, 5) is 29.0. The van der Waals surface area contributed by atoms with Gasteiger partial charge >= 0.3 is 0 Å². The van der Waals surface area contributed by atoms with Crippen molar-refractivity contribution in [3.63, 3.8) is 0 Å². The molecule has 1 unspecified atom stereocenters. The number of hydrogen-bond acceptors (Lipinski definition) is 6. The van der Waals surface area contributed by atoms with E-state index in [1.807, 2.05) is 0 Å². The van der Waals surface area contributed by atoms with E-state index < -0.39 is 5.91 Å². The van der Waals surface area contributed by atoms with Crippen molar-refractivity contribution in [2.45, 2.75) is 18.9 Å². The van der Waals surface area contributed by atoms with Crippen LogP contribution in [0.25, 0.3) is 0 Å². The number of rotatable bonds is 7. The average Bonchev–Trinajstić information content (AvgIpc) is 3.25. The second-order valence-electron chi connectivity index (χ2n) is 6.28. The molecule has 28 heavy (non-hydrogen) atoms. The second kappa shape index (κ2) is 9.18. The topological polar surface area (TPSA) is 98.8 Å². The Hall–Kier alpha value is -3.13. The monoisotopic (exact) mass is 385 g/mol. The Morgan fingerprint density at radius 2 is 1.86 bits per heavy atom. The summed E-state index contributed by atoms with van der Waals surface area (Å²) in [6.07, 6.45) is 1.98. The lowest BCUT2D eigenvalue weighted by Gasteiger charge is -2.12. The molecule has 0 radical (unpaired) electrons. The molecular formula is C20H23N3O5. The van der Waals surface area contributed by atoms with Crippen LogP contribution in [0.4, 0.5) is 5.69 Å². The summed E-state index contributed by atoms with van der Waals surface area (Å²) in [7, 11) is 3.05. The van der Waals surface area contributed by atoms with Crippen molar-refractivity contribution >= 4 is 17.5 Å². The van der Waals surface area contributed by atoms with Gasteiger partial charge in [-0.25, -0.2) is 4.98 Å². The smallest absolute Gasteiger partial charge is 0.274 e. The minimum Gasteiger partial charge on any atom is -0.493 e. The highest BCUT2D eigenvalue weighted by atomic mass is 16.5. The molecule has 8 nitrogen and oxygen atoms in total. The van der Waals surface area contributed by atoms with Crippen molar-refractivity contribution in [3.8, 4) is 11.5 Å². The molecule has 1 aromatic carbocycles. The lowest BCUT2D eigenvalue weighted by molar-refractivity contribution is 0.0853. The zero-order valence-corrected chi connectivity index (χ0v) is 15.9. The Balaban J connectivity index is 1.65. The first-order valence-corrected chi connectivity index (χ1v) is 9.01. The van der Waals surface area contributed by atoms with Gasteiger partial charge in [-0.15, -0.1) is 0 Å². The highest BCUT2D eigenvalue weighted by Crippen LogP contribution is 2.29. The fourth-order valence-electron chi connectivity index (χ4n) is 2.90. The molecule has 1 fully saturated rings. The fraction of sp³-hybridized carbons (Fsp3) is 0.350. The predicted molar refractivity (Wildman–Crippen MR) is 103 cm³/mol. The van der Waals surface area contributed by atoms with E-state index in [2.05, 4.69) is 15.6 Å². The number of nitrogens with zero attached hydrogens (tertiary/aromatic N) is 1. The standard InChI is InChI=1S/C20H23N3O5/c1-26-17-9-8-13(11-18(17)27-2)22-20(25)16-7-3-6-15(23-16)19(24)21-12-14-5-4-10-28-14/h3,6-9,11,14H,4-5,10,12H2,1-2H3,(H,21,24)(H,22,25). The van der Waals surface area contributed by atoms with Gasteiger partial charge in [-0.2, -0.15) is 0 Å². The molecule has 1 aliphatic rings. The van der Waals surface area contributed by atoms with Crippen LogP contribution in [0.1, 0.15) is 33.8 Å². The number of ether oxygens (including phenoxy) is 3. The number of pyridine rings is 1. The molecule has 0 spiro atoms. The maximum Gasteiger partial charge on any atom is 0.274 e.